The fraction of sp³-hybridized carbons (Fsp3) is 0.182. The zero-order valence-electron chi connectivity index (χ0n) is 17.5. The Morgan fingerprint density at radius 3 is 2.06 bits per heavy atom. The first kappa shape index (κ1) is 23.7. The lowest BCUT2D eigenvalue weighted by Crippen LogP contribution is -2.13. The van der Waals surface area contributed by atoms with E-state index in [1.54, 1.807) is 12.1 Å². The summed E-state index contributed by atoms with van der Waals surface area (Å²) in [5, 5.41) is 11.1. The molecule has 0 aliphatic heterocycles. The number of esters is 2. The summed E-state index contributed by atoms with van der Waals surface area (Å²) in [6.07, 6.45) is 1.06. The topological polar surface area (TPSA) is 99.0 Å². The van der Waals surface area contributed by atoms with Crippen molar-refractivity contribution in [3.05, 3.63) is 86.8 Å². The maximum Gasteiger partial charge on any atom is 0.344 e. The van der Waals surface area contributed by atoms with Gasteiger partial charge < -0.3 is 14.4 Å². The van der Waals surface area contributed by atoms with Crippen LogP contribution in [0.2, 0.25) is 0 Å². The molecule has 2 aromatic rings. The number of rotatable bonds is 8. The van der Waals surface area contributed by atoms with Crippen molar-refractivity contribution >= 4 is 40.0 Å². The van der Waals surface area contributed by atoms with Gasteiger partial charge in [0.2, 0.25) is 0 Å². The van der Waals surface area contributed by atoms with Gasteiger partial charge in [-0.05, 0) is 23.3 Å². The minimum Gasteiger partial charge on any atom is -0.466 e. The van der Waals surface area contributed by atoms with Crippen LogP contribution in [0, 0.1) is 10.1 Å². The first-order chi connectivity index (χ1) is 14.8. The van der Waals surface area contributed by atoms with Crippen LogP contribution in [0.25, 0.3) is 10.6 Å². The molecule has 162 valence electrons. The van der Waals surface area contributed by atoms with Gasteiger partial charge in [-0.25, -0.2) is 9.59 Å². The van der Waals surface area contributed by atoms with E-state index in [0.29, 0.717) is 10.5 Å². The Hall–Kier alpha value is -3.59. The monoisotopic (exact) mass is 442 g/mol. The minimum atomic E-state index is -0.707. The van der Waals surface area contributed by atoms with E-state index >= 15 is 0 Å². The Balaban J connectivity index is 2.74. The number of hydrogen-bond donors (Lipinski definition) is 0. The van der Waals surface area contributed by atoms with E-state index in [2.05, 4.69) is 4.74 Å². The summed E-state index contributed by atoms with van der Waals surface area (Å²) in [6, 6.07) is 15.4. The van der Waals surface area contributed by atoms with Gasteiger partial charge >= 0.3 is 11.9 Å². The van der Waals surface area contributed by atoms with E-state index in [-0.39, 0.29) is 10.6 Å². The summed E-state index contributed by atoms with van der Waals surface area (Å²) in [6.45, 7) is 0. The van der Waals surface area contributed by atoms with Crippen LogP contribution in [0.15, 0.2) is 65.6 Å². The van der Waals surface area contributed by atoms with Crippen molar-refractivity contribution < 1.29 is 24.0 Å². The van der Waals surface area contributed by atoms with Crippen LogP contribution in [0.4, 0.5) is 5.69 Å². The van der Waals surface area contributed by atoms with Crippen molar-refractivity contribution in [3.8, 4) is 0 Å². The first-order valence-corrected chi connectivity index (χ1v) is 9.87. The van der Waals surface area contributed by atoms with Gasteiger partial charge in [0.05, 0.1) is 24.8 Å². The molecule has 0 amide bonds. The van der Waals surface area contributed by atoms with Gasteiger partial charge in [0.1, 0.15) is 4.91 Å². The van der Waals surface area contributed by atoms with Crippen molar-refractivity contribution in [2.24, 2.45) is 0 Å². The number of methoxy groups -OCH3 is 2. The number of ether oxygens (including phenoxy) is 2. The highest BCUT2D eigenvalue weighted by Crippen LogP contribution is 2.41. The highest BCUT2D eigenvalue weighted by molar-refractivity contribution is 8.12. The fourth-order valence-electron chi connectivity index (χ4n) is 2.67. The molecular formula is C22H22N2O6S. The highest BCUT2D eigenvalue weighted by Gasteiger charge is 2.22. The molecule has 0 radical (unpaired) electrons. The highest BCUT2D eigenvalue weighted by atomic mass is 32.2. The number of nitro benzene ring substituents is 1. The minimum absolute atomic E-state index is 0.0120. The molecule has 31 heavy (non-hydrogen) atoms. The molecule has 0 spiro atoms. The van der Waals surface area contributed by atoms with Crippen molar-refractivity contribution in [3.63, 3.8) is 0 Å². The number of carbonyl (C=O) groups is 2. The van der Waals surface area contributed by atoms with Gasteiger partial charge in [0.25, 0.3) is 5.69 Å². The summed E-state index contributed by atoms with van der Waals surface area (Å²) < 4.78 is 9.49. The Labute approximate surface area is 184 Å². The van der Waals surface area contributed by atoms with Crippen LogP contribution >= 0.6 is 11.8 Å². The van der Waals surface area contributed by atoms with E-state index in [0.717, 1.165) is 29.1 Å². The number of carbonyl (C=O) groups excluding carboxylic acids is 2. The fourth-order valence-corrected chi connectivity index (χ4v) is 3.87. The molecule has 0 saturated carbocycles. The standard InChI is InChI=1S/C22H22N2O6S/c1-23(2)20(15-8-6-5-7-9-15)21(16-10-12-17(13-11-16)24(27)28)31-18(22(26)30-4)14-19(25)29-3/h5-14H,1-4H3/b18-14+,21-20+. The van der Waals surface area contributed by atoms with Gasteiger partial charge in [-0.3, -0.25) is 10.1 Å². The molecular weight excluding hydrogens is 420 g/mol. The van der Waals surface area contributed by atoms with Gasteiger partial charge in [-0.15, -0.1) is 0 Å². The molecule has 0 fully saturated rings. The Morgan fingerprint density at radius 1 is 0.968 bits per heavy atom. The Kier molecular flexibility index (Phi) is 8.39. The number of thioether (sulfide) groups is 1. The number of nitrogens with zero attached hydrogens (tertiary/aromatic N) is 2. The van der Waals surface area contributed by atoms with Crippen LogP contribution in [-0.2, 0) is 19.1 Å². The second-order valence-corrected chi connectivity index (χ2v) is 7.42. The maximum atomic E-state index is 12.4. The molecule has 0 aliphatic carbocycles. The molecule has 0 atom stereocenters. The summed E-state index contributed by atoms with van der Waals surface area (Å²) in [5.41, 5.74) is 2.18. The third kappa shape index (κ3) is 6.19. The van der Waals surface area contributed by atoms with Crippen molar-refractivity contribution in [1.29, 1.82) is 0 Å². The van der Waals surface area contributed by atoms with Crippen LogP contribution < -0.4 is 0 Å². The lowest BCUT2D eigenvalue weighted by Gasteiger charge is -2.23. The SMILES string of the molecule is COC(=O)/C=C(/S/C(=C(\c1ccccc1)N(C)C)c1ccc([N+](=O)[O-])cc1)C(=O)OC. The molecule has 0 aromatic heterocycles. The quantitative estimate of drug-likeness (QED) is 0.199. The smallest absolute Gasteiger partial charge is 0.344 e. The lowest BCUT2D eigenvalue weighted by atomic mass is 10.1. The molecule has 0 heterocycles. The molecule has 0 unspecified atom stereocenters. The normalized spacial score (nSPS) is 11.9. The lowest BCUT2D eigenvalue weighted by molar-refractivity contribution is -0.384. The second kappa shape index (κ2) is 11.0. The van der Waals surface area contributed by atoms with E-state index in [4.69, 9.17) is 4.74 Å². The number of non-ortho nitro benzene ring substituents is 1. The third-order valence-electron chi connectivity index (χ3n) is 4.10. The molecule has 0 aliphatic rings. The van der Waals surface area contributed by atoms with Crippen LogP contribution in [0.3, 0.4) is 0 Å². The van der Waals surface area contributed by atoms with Crippen LogP contribution in [0.5, 0.6) is 0 Å². The molecule has 2 aromatic carbocycles. The van der Waals surface area contributed by atoms with Crippen molar-refractivity contribution in [2.45, 2.75) is 0 Å². The molecule has 0 saturated heterocycles. The third-order valence-corrected chi connectivity index (χ3v) is 5.24. The maximum absolute atomic E-state index is 12.4. The summed E-state index contributed by atoms with van der Waals surface area (Å²) in [4.78, 5) is 37.3. The Morgan fingerprint density at radius 2 is 1.58 bits per heavy atom. The van der Waals surface area contributed by atoms with Gasteiger partial charge in [-0.2, -0.15) is 0 Å². The zero-order valence-corrected chi connectivity index (χ0v) is 18.3. The van der Waals surface area contributed by atoms with E-state index in [9.17, 15) is 19.7 Å². The Bertz CT molecular complexity index is 1010. The van der Waals surface area contributed by atoms with E-state index < -0.39 is 16.9 Å². The summed E-state index contributed by atoms with van der Waals surface area (Å²) >= 11 is 1.02. The average Bonchev–Trinajstić information content (AvgIpc) is 2.77. The average molecular weight is 442 g/mol. The first-order valence-electron chi connectivity index (χ1n) is 9.06. The zero-order chi connectivity index (χ0) is 23.0. The van der Waals surface area contributed by atoms with Crippen LogP contribution in [0.1, 0.15) is 11.1 Å². The van der Waals surface area contributed by atoms with E-state index in [1.807, 2.05) is 49.3 Å². The molecule has 0 bridgehead atoms. The largest absolute Gasteiger partial charge is 0.466 e. The van der Waals surface area contributed by atoms with Crippen molar-refractivity contribution in [2.75, 3.05) is 28.3 Å². The predicted molar refractivity (Wildman–Crippen MR) is 120 cm³/mol. The number of nitro groups is 1. The van der Waals surface area contributed by atoms with Crippen LogP contribution in [-0.4, -0.2) is 50.1 Å². The summed E-state index contributed by atoms with van der Waals surface area (Å²) in [7, 11) is 6.11. The second-order valence-electron chi connectivity index (χ2n) is 6.37. The number of hydrogen-bond acceptors (Lipinski definition) is 8. The van der Waals surface area contributed by atoms with Gasteiger partial charge in [0.15, 0.2) is 0 Å². The van der Waals surface area contributed by atoms with Crippen molar-refractivity contribution in [1.82, 2.24) is 4.90 Å². The molecule has 8 nitrogen and oxygen atoms in total. The molecule has 9 heteroatoms. The van der Waals surface area contributed by atoms with Gasteiger partial charge in [-0.1, -0.05) is 42.1 Å². The molecule has 0 N–H and O–H groups in total. The molecule has 2 rings (SSSR count). The summed E-state index contributed by atoms with van der Waals surface area (Å²) in [5.74, 6) is -1.41. The number of benzene rings is 2. The van der Waals surface area contributed by atoms with E-state index in [1.165, 1.54) is 26.4 Å². The van der Waals surface area contributed by atoms with Gasteiger partial charge in [0, 0.05) is 37.2 Å². The predicted octanol–water partition coefficient (Wildman–Crippen LogP) is 3.95.